The summed E-state index contributed by atoms with van der Waals surface area (Å²) in [5, 5.41) is 0. The van der Waals surface area contributed by atoms with Crippen molar-refractivity contribution in [1.29, 1.82) is 0 Å². The first-order chi connectivity index (χ1) is 6.85. The van der Waals surface area contributed by atoms with Crippen LogP contribution in [0.1, 0.15) is 41.0 Å². The van der Waals surface area contributed by atoms with E-state index in [2.05, 4.69) is 39.2 Å². The van der Waals surface area contributed by atoms with Gasteiger partial charge in [-0.25, -0.2) is 4.79 Å². The Hall–Kier alpha value is -0.830. The van der Waals surface area contributed by atoms with Gasteiger partial charge in [0.1, 0.15) is 6.73 Å². The minimum Gasteiger partial charge on any atom is -0.446 e. The molecule has 0 fully saturated rings. The number of carbonyl (C=O) groups is 1. The van der Waals surface area contributed by atoms with Gasteiger partial charge < -0.3 is 4.74 Å². The van der Waals surface area contributed by atoms with Gasteiger partial charge in [0, 0.05) is 11.1 Å². The molecular weight excluding hydrogens is 190 g/mol. The summed E-state index contributed by atoms with van der Waals surface area (Å²) in [4.78, 5) is 13.4. The Morgan fingerprint density at radius 3 is 2.27 bits per heavy atom. The largest absolute Gasteiger partial charge is 0.446 e. The first kappa shape index (κ1) is 14.2. The Bertz CT molecular complexity index is 234. The number of hydrogen-bond acceptors (Lipinski definition) is 3. The highest BCUT2D eigenvalue weighted by Crippen LogP contribution is 2.17. The van der Waals surface area contributed by atoms with Crippen molar-refractivity contribution < 1.29 is 9.53 Å². The molecular formula is C12H23NO2. The van der Waals surface area contributed by atoms with Gasteiger partial charge in [0.2, 0.25) is 0 Å². The zero-order chi connectivity index (χ0) is 12.1. The highest BCUT2D eigenvalue weighted by atomic mass is 16.5. The molecule has 0 radical (unpaired) electrons. The van der Waals surface area contributed by atoms with E-state index in [1.54, 1.807) is 6.92 Å². The lowest BCUT2D eigenvalue weighted by Crippen LogP contribution is -2.45. The van der Waals surface area contributed by atoms with Crippen LogP contribution in [0.4, 0.5) is 0 Å². The maximum absolute atomic E-state index is 11.2. The summed E-state index contributed by atoms with van der Waals surface area (Å²) in [6.45, 7) is 14.9. The molecule has 0 aliphatic heterocycles. The summed E-state index contributed by atoms with van der Waals surface area (Å²) < 4.78 is 5.13. The van der Waals surface area contributed by atoms with Gasteiger partial charge in [-0.3, -0.25) is 4.90 Å². The average Bonchev–Trinajstić information content (AvgIpc) is 2.17. The third-order valence-electron chi connectivity index (χ3n) is 2.80. The van der Waals surface area contributed by atoms with Crippen LogP contribution in [-0.4, -0.2) is 29.7 Å². The summed E-state index contributed by atoms with van der Waals surface area (Å²) in [6.07, 6.45) is 1.02. The minimum absolute atomic E-state index is 0.0596. The molecule has 0 N–H and O–H groups in total. The maximum atomic E-state index is 11.2. The topological polar surface area (TPSA) is 29.5 Å². The zero-order valence-electron chi connectivity index (χ0n) is 10.6. The fourth-order valence-electron chi connectivity index (χ4n) is 1.18. The second-order valence-electron chi connectivity index (χ2n) is 4.36. The van der Waals surface area contributed by atoms with E-state index in [1.165, 1.54) is 0 Å². The minimum atomic E-state index is -0.319. The zero-order valence-corrected chi connectivity index (χ0v) is 10.6. The molecule has 0 saturated carbocycles. The number of ether oxygens (including phenoxy) is 1. The second kappa shape index (κ2) is 5.91. The summed E-state index contributed by atoms with van der Waals surface area (Å²) in [5.74, 6) is -0.319. The van der Waals surface area contributed by atoms with Crippen LogP contribution in [0.25, 0.3) is 0 Å². The lowest BCUT2D eigenvalue weighted by Gasteiger charge is -2.36. The molecule has 0 aromatic rings. The Morgan fingerprint density at radius 2 is 1.93 bits per heavy atom. The summed E-state index contributed by atoms with van der Waals surface area (Å²) in [7, 11) is 0. The van der Waals surface area contributed by atoms with Crippen LogP contribution in [0.15, 0.2) is 12.2 Å². The quantitative estimate of drug-likeness (QED) is 0.386. The van der Waals surface area contributed by atoms with Gasteiger partial charge in [0.15, 0.2) is 0 Å². The van der Waals surface area contributed by atoms with Crippen molar-refractivity contribution in [3.63, 3.8) is 0 Å². The van der Waals surface area contributed by atoms with Crippen LogP contribution in [0.2, 0.25) is 0 Å². The highest BCUT2D eigenvalue weighted by Gasteiger charge is 2.24. The van der Waals surface area contributed by atoms with Crippen LogP contribution in [0.5, 0.6) is 0 Å². The lowest BCUT2D eigenvalue weighted by molar-refractivity contribution is -0.146. The van der Waals surface area contributed by atoms with Gasteiger partial charge in [-0.05, 0) is 33.7 Å². The van der Waals surface area contributed by atoms with E-state index in [0.717, 1.165) is 13.0 Å². The van der Waals surface area contributed by atoms with Crippen molar-refractivity contribution >= 4 is 5.97 Å². The molecule has 0 spiro atoms. The van der Waals surface area contributed by atoms with Crippen LogP contribution < -0.4 is 0 Å². The van der Waals surface area contributed by atoms with Crippen molar-refractivity contribution in [3.8, 4) is 0 Å². The molecule has 15 heavy (non-hydrogen) atoms. The van der Waals surface area contributed by atoms with Crippen LogP contribution in [-0.2, 0) is 9.53 Å². The van der Waals surface area contributed by atoms with E-state index < -0.39 is 0 Å². The molecule has 0 heterocycles. The maximum Gasteiger partial charge on any atom is 0.334 e. The van der Waals surface area contributed by atoms with E-state index in [4.69, 9.17) is 4.74 Å². The van der Waals surface area contributed by atoms with Gasteiger partial charge in [-0.1, -0.05) is 20.4 Å². The molecule has 0 unspecified atom stereocenters. The van der Waals surface area contributed by atoms with E-state index in [-0.39, 0.29) is 11.5 Å². The number of hydrogen-bond donors (Lipinski definition) is 0. The van der Waals surface area contributed by atoms with Crippen molar-refractivity contribution in [2.24, 2.45) is 0 Å². The van der Waals surface area contributed by atoms with Gasteiger partial charge in [-0.15, -0.1) is 0 Å². The summed E-state index contributed by atoms with van der Waals surface area (Å²) in [6, 6.07) is 0. The molecule has 0 amide bonds. The Morgan fingerprint density at radius 1 is 1.40 bits per heavy atom. The van der Waals surface area contributed by atoms with Crippen LogP contribution in [0, 0.1) is 0 Å². The molecule has 3 nitrogen and oxygen atoms in total. The third-order valence-corrected chi connectivity index (χ3v) is 2.80. The third kappa shape index (κ3) is 4.47. The fraction of sp³-hybridized carbons (Fsp3) is 0.750. The Kier molecular flexibility index (Phi) is 5.58. The normalized spacial score (nSPS) is 11.6. The standard InChI is InChI=1S/C12H23NO2/c1-7-12(5,6)13(8-2)9-15-11(14)10(3)4/h3,7-9H2,1-2,4-6H3. The first-order valence-electron chi connectivity index (χ1n) is 5.42. The number of nitrogens with zero attached hydrogens (tertiary/aromatic N) is 1. The smallest absolute Gasteiger partial charge is 0.334 e. The first-order valence-corrected chi connectivity index (χ1v) is 5.42. The highest BCUT2D eigenvalue weighted by molar-refractivity contribution is 5.86. The molecule has 0 bridgehead atoms. The van der Waals surface area contributed by atoms with Crippen molar-refractivity contribution in [2.45, 2.75) is 46.6 Å². The van der Waals surface area contributed by atoms with E-state index >= 15 is 0 Å². The molecule has 0 aliphatic rings. The molecule has 88 valence electrons. The molecule has 0 aliphatic carbocycles. The Labute approximate surface area is 93.1 Å². The Balaban J connectivity index is 4.24. The van der Waals surface area contributed by atoms with E-state index in [0.29, 0.717) is 12.3 Å². The molecule has 0 rings (SSSR count). The number of esters is 1. The van der Waals surface area contributed by atoms with Gasteiger partial charge >= 0.3 is 5.97 Å². The van der Waals surface area contributed by atoms with E-state index in [9.17, 15) is 4.79 Å². The van der Waals surface area contributed by atoms with Gasteiger partial charge in [-0.2, -0.15) is 0 Å². The molecule has 0 atom stereocenters. The molecule has 0 aromatic heterocycles. The predicted molar refractivity (Wildman–Crippen MR) is 62.5 cm³/mol. The number of rotatable bonds is 6. The van der Waals surface area contributed by atoms with E-state index in [1.807, 2.05) is 0 Å². The monoisotopic (exact) mass is 213 g/mol. The van der Waals surface area contributed by atoms with Gasteiger partial charge in [0.25, 0.3) is 0 Å². The van der Waals surface area contributed by atoms with Crippen LogP contribution in [0.3, 0.4) is 0 Å². The van der Waals surface area contributed by atoms with Crippen LogP contribution >= 0.6 is 0 Å². The average molecular weight is 213 g/mol. The van der Waals surface area contributed by atoms with Crippen molar-refractivity contribution in [1.82, 2.24) is 4.90 Å². The van der Waals surface area contributed by atoms with Crippen molar-refractivity contribution in [3.05, 3.63) is 12.2 Å². The second-order valence-corrected chi connectivity index (χ2v) is 4.36. The summed E-state index contributed by atoms with van der Waals surface area (Å²) >= 11 is 0. The summed E-state index contributed by atoms with van der Waals surface area (Å²) in [5.41, 5.74) is 0.504. The fourth-order valence-corrected chi connectivity index (χ4v) is 1.18. The van der Waals surface area contributed by atoms with Crippen molar-refractivity contribution in [2.75, 3.05) is 13.3 Å². The lowest BCUT2D eigenvalue weighted by atomic mass is 10.0. The molecule has 0 saturated heterocycles. The number of carbonyl (C=O) groups excluding carboxylic acids is 1. The SMILES string of the molecule is C=C(C)C(=O)OCN(CC)C(C)(C)CC. The van der Waals surface area contributed by atoms with Gasteiger partial charge in [0.05, 0.1) is 0 Å². The predicted octanol–water partition coefficient (Wildman–Crippen LogP) is 2.57. The molecule has 3 heteroatoms. The molecule has 0 aromatic carbocycles.